The van der Waals surface area contributed by atoms with Crippen LogP contribution in [-0.2, 0) is 16.1 Å². The number of methoxy groups -OCH3 is 1. The van der Waals surface area contributed by atoms with Gasteiger partial charge in [0.25, 0.3) is 5.91 Å². The van der Waals surface area contributed by atoms with Crippen LogP contribution in [0.25, 0.3) is 0 Å². The van der Waals surface area contributed by atoms with Crippen LogP contribution in [-0.4, -0.2) is 36.7 Å². The standard InChI is InChI=1S/C19H27NO3/c1-22-17-11-5-2-8-15(17)14-20(16-9-3-4-10-16)19(21)18-12-6-7-13-23-18/h2,5,8,11,16,18H,3-4,6-7,9-10,12-14H2,1H3. The van der Waals surface area contributed by atoms with E-state index >= 15 is 0 Å². The first kappa shape index (κ1) is 16.3. The van der Waals surface area contributed by atoms with Crippen LogP contribution in [0, 0.1) is 0 Å². The molecule has 3 rings (SSSR count). The molecule has 1 aliphatic carbocycles. The molecule has 0 aromatic heterocycles. The van der Waals surface area contributed by atoms with E-state index in [0.29, 0.717) is 19.2 Å². The third-order valence-electron chi connectivity index (χ3n) is 5.04. The average molecular weight is 317 g/mol. The molecule has 0 spiro atoms. The first-order chi connectivity index (χ1) is 11.3. The van der Waals surface area contributed by atoms with Crippen molar-refractivity contribution in [3.63, 3.8) is 0 Å². The highest BCUT2D eigenvalue weighted by atomic mass is 16.5. The Labute approximate surface area is 138 Å². The van der Waals surface area contributed by atoms with Crippen molar-refractivity contribution >= 4 is 5.91 Å². The van der Waals surface area contributed by atoms with E-state index in [1.54, 1.807) is 7.11 Å². The summed E-state index contributed by atoms with van der Waals surface area (Å²) in [5.74, 6) is 1.02. The number of carbonyl (C=O) groups is 1. The van der Waals surface area contributed by atoms with Crippen LogP contribution in [0.3, 0.4) is 0 Å². The molecule has 1 aliphatic heterocycles. The van der Waals surface area contributed by atoms with Crippen molar-refractivity contribution in [2.75, 3.05) is 13.7 Å². The first-order valence-electron chi connectivity index (χ1n) is 8.83. The lowest BCUT2D eigenvalue weighted by Crippen LogP contribution is -2.46. The summed E-state index contributed by atoms with van der Waals surface area (Å²) in [6, 6.07) is 8.33. The molecule has 0 N–H and O–H groups in total. The van der Waals surface area contributed by atoms with Crippen molar-refractivity contribution < 1.29 is 14.3 Å². The molecule has 0 bridgehead atoms. The second kappa shape index (κ2) is 7.82. The summed E-state index contributed by atoms with van der Waals surface area (Å²) < 4.78 is 11.2. The highest BCUT2D eigenvalue weighted by molar-refractivity contribution is 5.81. The topological polar surface area (TPSA) is 38.8 Å². The van der Waals surface area contributed by atoms with Crippen LogP contribution in [0.2, 0.25) is 0 Å². The van der Waals surface area contributed by atoms with Crippen molar-refractivity contribution in [2.45, 2.75) is 63.6 Å². The van der Waals surface area contributed by atoms with Crippen molar-refractivity contribution in [1.29, 1.82) is 0 Å². The third kappa shape index (κ3) is 3.86. The van der Waals surface area contributed by atoms with Gasteiger partial charge in [0.1, 0.15) is 11.9 Å². The van der Waals surface area contributed by atoms with Crippen LogP contribution >= 0.6 is 0 Å². The van der Waals surface area contributed by atoms with Gasteiger partial charge >= 0.3 is 0 Å². The number of carbonyl (C=O) groups excluding carboxylic acids is 1. The van der Waals surface area contributed by atoms with Gasteiger partial charge in [0.05, 0.1) is 7.11 Å². The molecule has 1 atom stereocenters. The number of para-hydroxylation sites is 1. The Morgan fingerprint density at radius 2 is 1.91 bits per heavy atom. The van der Waals surface area contributed by atoms with Gasteiger partial charge in [-0.2, -0.15) is 0 Å². The Kier molecular flexibility index (Phi) is 5.55. The van der Waals surface area contributed by atoms with Crippen molar-refractivity contribution in [1.82, 2.24) is 4.90 Å². The third-order valence-corrected chi connectivity index (χ3v) is 5.04. The van der Waals surface area contributed by atoms with E-state index in [-0.39, 0.29) is 12.0 Å². The highest BCUT2D eigenvalue weighted by Crippen LogP contribution is 2.29. The molecular weight excluding hydrogens is 290 g/mol. The van der Waals surface area contributed by atoms with E-state index in [9.17, 15) is 4.79 Å². The Balaban J connectivity index is 1.78. The molecule has 1 saturated carbocycles. The zero-order valence-electron chi connectivity index (χ0n) is 14.0. The second-order valence-corrected chi connectivity index (χ2v) is 6.57. The molecule has 1 amide bonds. The lowest BCUT2D eigenvalue weighted by atomic mass is 10.0. The van der Waals surface area contributed by atoms with E-state index < -0.39 is 0 Å². The maximum Gasteiger partial charge on any atom is 0.252 e. The van der Waals surface area contributed by atoms with Crippen molar-refractivity contribution in [2.24, 2.45) is 0 Å². The SMILES string of the molecule is COc1ccccc1CN(C(=O)C1CCCCO1)C1CCCC1. The van der Waals surface area contributed by atoms with Gasteiger partial charge in [-0.05, 0) is 38.2 Å². The van der Waals surface area contributed by atoms with Gasteiger partial charge in [-0.25, -0.2) is 0 Å². The molecule has 0 radical (unpaired) electrons. The number of ether oxygens (including phenoxy) is 2. The van der Waals surface area contributed by atoms with Gasteiger partial charge in [0, 0.05) is 24.8 Å². The molecule has 1 unspecified atom stereocenters. The van der Waals surface area contributed by atoms with Gasteiger partial charge in [-0.15, -0.1) is 0 Å². The summed E-state index contributed by atoms with van der Waals surface area (Å²) >= 11 is 0. The minimum absolute atomic E-state index is 0.169. The maximum atomic E-state index is 13.0. The summed E-state index contributed by atoms with van der Waals surface area (Å²) in [6.45, 7) is 1.33. The number of nitrogens with zero attached hydrogens (tertiary/aromatic N) is 1. The van der Waals surface area contributed by atoms with Crippen LogP contribution in [0.1, 0.15) is 50.5 Å². The average Bonchev–Trinajstić information content (AvgIpc) is 3.14. The molecule has 4 heteroatoms. The number of rotatable bonds is 5. The van der Waals surface area contributed by atoms with Crippen molar-refractivity contribution in [3.8, 4) is 5.75 Å². The summed E-state index contributed by atoms with van der Waals surface area (Å²) in [7, 11) is 1.69. The van der Waals surface area contributed by atoms with E-state index in [0.717, 1.165) is 43.4 Å². The molecule has 1 aromatic carbocycles. The van der Waals surface area contributed by atoms with Gasteiger partial charge < -0.3 is 14.4 Å². The normalized spacial score (nSPS) is 22.0. The molecule has 2 aliphatic rings. The lowest BCUT2D eigenvalue weighted by molar-refractivity contribution is -0.149. The molecule has 1 heterocycles. The minimum atomic E-state index is -0.251. The fraction of sp³-hybridized carbons (Fsp3) is 0.632. The molecule has 4 nitrogen and oxygen atoms in total. The number of hydrogen-bond acceptors (Lipinski definition) is 3. The van der Waals surface area contributed by atoms with E-state index in [4.69, 9.17) is 9.47 Å². The fourth-order valence-electron chi connectivity index (χ4n) is 3.74. The monoisotopic (exact) mass is 317 g/mol. The lowest BCUT2D eigenvalue weighted by Gasteiger charge is -2.34. The molecular formula is C19H27NO3. The fourth-order valence-corrected chi connectivity index (χ4v) is 3.74. The Bertz CT molecular complexity index is 519. The highest BCUT2D eigenvalue weighted by Gasteiger charge is 2.33. The summed E-state index contributed by atoms with van der Waals surface area (Å²) in [6.07, 6.45) is 7.40. The summed E-state index contributed by atoms with van der Waals surface area (Å²) in [4.78, 5) is 15.1. The van der Waals surface area contributed by atoms with E-state index in [1.165, 1.54) is 12.8 Å². The smallest absolute Gasteiger partial charge is 0.252 e. The minimum Gasteiger partial charge on any atom is -0.496 e. The number of benzene rings is 1. The predicted molar refractivity (Wildman–Crippen MR) is 89.4 cm³/mol. The largest absolute Gasteiger partial charge is 0.496 e. The molecule has 2 fully saturated rings. The maximum absolute atomic E-state index is 13.0. The predicted octanol–water partition coefficient (Wildman–Crippen LogP) is 3.54. The van der Waals surface area contributed by atoms with Crippen molar-refractivity contribution in [3.05, 3.63) is 29.8 Å². The zero-order valence-corrected chi connectivity index (χ0v) is 14.0. The molecule has 126 valence electrons. The quantitative estimate of drug-likeness (QED) is 0.834. The second-order valence-electron chi connectivity index (χ2n) is 6.57. The van der Waals surface area contributed by atoms with Crippen LogP contribution in [0.15, 0.2) is 24.3 Å². The number of hydrogen-bond donors (Lipinski definition) is 0. The zero-order chi connectivity index (χ0) is 16.1. The Hall–Kier alpha value is -1.55. The van der Waals surface area contributed by atoms with Crippen LogP contribution in [0.4, 0.5) is 0 Å². The molecule has 23 heavy (non-hydrogen) atoms. The van der Waals surface area contributed by atoms with Crippen LogP contribution in [0.5, 0.6) is 5.75 Å². The summed E-state index contributed by atoms with van der Waals surface area (Å²) in [5, 5.41) is 0. The molecule has 1 aromatic rings. The number of amides is 1. The van der Waals surface area contributed by atoms with Crippen LogP contribution < -0.4 is 4.74 Å². The first-order valence-corrected chi connectivity index (χ1v) is 8.83. The summed E-state index contributed by atoms with van der Waals surface area (Å²) in [5.41, 5.74) is 1.08. The van der Waals surface area contributed by atoms with E-state index in [1.807, 2.05) is 18.2 Å². The molecule has 1 saturated heterocycles. The van der Waals surface area contributed by atoms with Gasteiger partial charge in [-0.3, -0.25) is 4.79 Å². The Morgan fingerprint density at radius 1 is 1.17 bits per heavy atom. The van der Waals surface area contributed by atoms with E-state index in [2.05, 4.69) is 11.0 Å². The van der Waals surface area contributed by atoms with Gasteiger partial charge in [0.15, 0.2) is 0 Å². The van der Waals surface area contributed by atoms with Gasteiger partial charge in [0.2, 0.25) is 0 Å². The Morgan fingerprint density at radius 3 is 2.61 bits per heavy atom. The van der Waals surface area contributed by atoms with Gasteiger partial charge in [-0.1, -0.05) is 31.0 Å².